The number of hydrogen-bond donors (Lipinski definition) is 0. The first kappa shape index (κ1) is 13.9. The number of aryl methyl sites for hydroxylation is 1. The van der Waals surface area contributed by atoms with Crippen LogP contribution in [-0.2, 0) is 11.2 Å². The van der Waals surface area contributed by atoms with Crippen molar-refractivity contribution >= 4 is 5.78 Å². The lowest BCUT2D eigenvalue weighted by Gasteiger charge is -2.53. The van der Waals surface area contributed by atoms with Gasteiger partial charge >= 0.3 is 0 Å². The van der Waals surface area contributed by atoms with Crippen LogP contribution in [0.2, 0.25) is 0 Å². The van der Waals surface area contributed by atoms with Gasteiger partial charge in [-0.05, 0) is 39.2 Å². The fraction of sp³-hybridized carbons (Fsp3) is 0.706. The van der Waals surface area contributed by atoms with Crippen molar-refractivity contribution in [2.45, 2.75) is 65.5 Å². The Labute approximate surface area is 121 Å². The number of carbonyl (C=O) groups is 1. The van der Waals surface area contributed by atoms with Gasteiger partial charge in [-0.15, -0.1) is 0 Å². The molecule has 2 aliphatic rings. The molecule has 3 rings (SSSR count). The molecule has 1 aromatic rings. The van der Waals surface area contributed by atoms with Crippen molar-refractivity contribution in [1.82, 2.24) is 4.57 Å². The van der Waals surface area contributed by atoms with Gasteiger partial charge in [-0.3, -0.25) is 4.79 Å². The number of aromatic nitrogens is 1. The first-order valence-corrected chi connectivity index (χ1v) is 7.82. The number of carbonyl (C=O) groups excluding carboxylic acids is 1. The van der Waals surface area contributed by atoms with E-state index in [4.69, 9.17) is 4.74 Å². The Morgan fingerprint density at radius 1 is 1.40 bits per heavy atom. The molecule has 110 valence electrons. The molecule has 1 fully saturated rings. The molecule has 0 aromatic carbocycles. The first-order valence-electron chi connectivity index (χ1n) is 7.82. The van der Waals surface area contributed by atoms with Crippen LogP contribution in [-0.4, -0.2) is 23.1 Å². The summed E-state index contributed by atoms with van der Waals surface area (Å²) in [4.78, 5) is 12.1. The maximum Gasteiger partial charge on any atom is 0.164 e. The smallest absolute Gasteiger partial charge is 0.164 e. The van der Waals surface area contributed by atoms with Crippen molar-refractivity contribution in [3.8, 4) is 0 Å². The Morgan fingerprint density at radius 2 is 2.15 bits per heavy atom. The summed E-state index contributed by atoms with van der Waals surface area (Å²) in [6.45, 7) is 9.55. The summed E-state index contributed by atoms with van der Waals surface area (Å²) in [7, 11) is 0. The van der Waals surface area contributed by atoms with Gasteiger partial charge in [-0.25, -0.2) is 0 Å². The van der Waals surface area contributed by atoms with Crippen LogP contribution < -0.4 is 0 Å². The van der Waals surface area contributed by atoms with Crippen LogP contribution in [0.25, 0.3) is 0 Å². The number of fused-ring (bicyclic) bond motifs is 1. The van der Waals surface area contributed by atoms with Gasteiger partial charge in [-0.1, -0.05) is 13.8 Å². The summed E-state index contributed by atoms with van der Waals surface area (Å²) in [5, 5.41) is 0. The lowest BCUT2D eigenvalue weighted by atomic mass is 9.64. The van der Waals surface area contributed by atoms with E-state index in [9.17, 15) is 4.79 Å². The third-order valence-corrected chi connectivity index (χ3v) is 5.26. The molecule has 0 N–H and O–H groups in total. The maximum absolute atomic E-state index is 12.1. The van der Waals surface area contributed by atoms with Gasteiger partial charge in [-0.2, -0.15) is 0 Å². The lowest BCUT2D eigenvalue weighted by Crippen LogP contribution is -2.52. The van der Waals surface area contributed by atoms with E-state index in [0.717, 1.165) is 31.4 Å². The van der Waals surface area contributed by atoms with Crippen molar-refractivity contribution in [2.24, 2.45) is 5.41 Å². The van der Waals surface area contributed by atoms with E-state index >= 15 is 0 Å². The van der Waals surface area contributed by atoms with E-state index < -0.39 is 0 Å². The molecular formula is C17H25NO2. The predicted molar refractivity (Wildman–Crippen MR) is 79.3 cm³/mol. The lowest BCUT2D eigenvalue weighted by molar-refractivity contribution is -0.128. The monoisotopic (exact) mass is 275 g/mol. The molecule has 0 amide bonds. The van der Waals surface area contributed by atoms with E-state index in [1.807, 2.05) is 0 Å². The van der Waals surface area contributed by atoms with E-state index in [2.05, 4.69) is 38.3 Å². The third-order valence-electron chi connectivity index (χ3n) is 5.26. The zero-order valence-electron chi connectivity index (χ0n) is 13.0. The minimum absolute atomic E-state index is 0.147. The Hall–Kier alpha value is -1.09. The molecule has 2 aliphatic carbocycles. The Bertz CT molecular complexity index is 541. The highest BCUT2D eigenvalue weighted by atomic mass is 16.5. The molecule has 0 saturated heterocycles. The SMILES string of the molecule is CCOC1CC(n2c(C)cc3c2CCCC3=O)C1(C)C. The average Bonchev–Trinajstić information content (AvgIpc) is 2.72. The second-order valence-electron chi connectivity index (χ2n) is 6.81. The second kappa shape index (κ2) is 4.73. The summed E-state index contributed by atoms with van der Waals surface area (Å²) < 4.78 is 8.28. The molecule has 0 spiro atoms. The Morgan fingerprint density at radius 3 is 2.80 bits per heavy atom. The number of ketones is 1. The van der Waals surface area contributed by atoms with E-state index in [-0.39, 0.29) is 5.41 Å². The van der Waals surface area contributed by atoms with Gasteiger partial charge in [0.25, 0.3) is 0 Å². The largest absolute Gasteiger partial charge is 0.378 e. The molecule has 3 nitrogen and oxygen atoms in total. The second-order valence-corrected chi connectivity index (χ2v) is 6.81. The molecule has 2 atom stereocenters. The van der Waals surface area contributed by atoms with Crippen LogP contribution in [0.4, 0.5) is 0 Å². The third kappa shape index (κ3) is 1.86. The van der Waals surface area contributed by atoms with Crippen molar-refractivity contribution in [1.29, 1.82) is 0 Å². The molecule has 2 unspecified atom stereocenters. The molecular weight excluding hydrogens is 250 g/mol. The number of hydrogen-bond acceptors (Lipinski definition) is 2. The van der Waals surface area contributed by atoms with Crippen LogP contribution in [0.15, 0.2) is 6.07 Å². The molecule has 1 saturated carbocycles. The van der Waals surface area contributed by atoms with Gasteiger partial charge in [0.05, 0.1) is 6.10 Å². The molecule has 3 heteroatoms. The summed E-state index contributed by atoms with van der Waals surface area (Å²) in [6, 6.07) is 2.56. The molecule has 1 heterocycles. The first-order chi connectivity index (χ1) is 9.46. The van der Waals surface area contributed by atoms with E-state index in [1.165, 1.54) is 11.4 Å². The average molecular weight is 275 g/mol. The summed E-state index contributed by atoms with van der Waals surface area (Å²) in [5.74, 6) is 0.326. The van der Waals surface area contributed by atoms with Crippen LogP contribution >= 0.6 is 0 Å². The quantitative estimate of drug-likeness (QED) is 0.842. The molecule has 20 heavy (non-hydrogen) atoms. The van der Waals surface area contributed by atoms with Gasteiger partial charge in [0, 0.05) is 41.4 Å². The van der Waals surface area contributed by atoms with Gasteiger partial charge in [0.2, 0.25) is 0 Å². The van der Waals surface area contributed by atoms with Gasteiger partial charge in [0.15, 0.2) is 5.78 Å². The van der Waals surface area contributed by atoms with Crippen molar-refractivity contribution in [3.05, 3.63) is 23.0 Å². The zero-order valence-corrected chi connectivity index (χ0v) is 13.0. The Balaban J connectivity index is 1.95. The fourth-order valence-electron chi connectivity index (χ4n) is 3.97. The molecule has 0 aliphatic heterocycles. The van der Waals surface area contributed by atoms with Crippen LogP contribution in [0.1, 0.15) is 67.8 Å². The highest BCUT2D eigenvalue weighted by Gasteiger charge is 2.51. The standard InChI is InChI=1S/C17H25NO2/c1-5-20-16-10-15(17(16,3)4)18-11(2)9-12-13(18)7-6-8-14(12)19/h9,15-16H,5-8,10H2,1-4H3. The van der Waals surface area contributed by atoms with Crippen molar-refractivity contribution in [3.63, 3.8) is 0 Å². The summed E-state index contributed by atoms with van der Waals surface area (Å²) >= 11 is 0. The molecule has 0 bridgehead atoms. The predicted octanol–water partition coefficient (Wildman–Crippen LogP) is 3.69. The van der Waals surface area contributed by atoms with E-state index in [1.54, 1.807) is 0 Å². The summed E-state index contributed by atoms with van der Waals surface area (Å²) in [6.07, 6.45) is 4.16. The molecule has 1 aromatic heterocycles. The number of ether oxygens (including phenoxy) is 1. The topological polar surface area (TPSA) is 31.2 Å². The number of rotatable bonds is 3. The Kier molecular flexibility index (Phi) is 3.28. The fourth-order valence-corrected chi connectivity index (χ4v) is 3.97. The van der Waals surface area contributed by atoms with Crippen molar-refractivity contribution in [2.75, 3.05) is 6.61 Å². The minimum Gasteiger partial charge on any atom is -0.378 e. The summed E-state index contributed by atoms with van der Waals surface area (Å²) in [5.41, 5.74) is 3.63. The van der Waals surface area contributed by atoms with Gasteiger partial charge in [0.1, 0.15) is 0 Å². The van der Waals surface area contributed by atoms with Crippen LogP contribution in [0.3, 0.4) is 0 Å². The minimum atomic E-state index is 0.147. The molecule has 0 radical (unpaired) electrons. The van der Waals surface area contributed by atoms with Gasteiger partial charge < -0.3 is 9.30 Å². The zero-order chi connectivity index (χ0) is 14.5. The number of nitrogens with zero attached hydrogens (tertiary/aromatic N) is 1. The maximum atomic E-state index is 12.1. The van der Waals surface area contributed by atoms with Crippen LogP contribution in [0.5, 0.6) is 0 Å². The highest BCUT2D eigenvalue weighted by molar-refractivity contribution is 5.98. The number of Topliss-reactive ketones (excluding diaryl/α,β-unsaturated/α-hetero) is 1. The van der Waals surface area contributed by atoms with Crippen molar-refractivity contribution < 1.29 is 9.53 Å². The van der Waals surface area contributed by atoms with Crippen LogP contribution in [0, 0.1) is 12.3 Å². The normalized spacial score (nSPS) is 28.1. The van der Waals surface area contributed by atoms with E-state index in [0.29, 0.717) is 24.3 Å². The highest BCUT2D eigenvalue weighted by Crippen LogP contribution is 2.52.